The first-order chi connectivity index (χ1) is 6.27. The fourth-order valence-corrected chi connectivity index (χ4v) is 1.12. The Bertz CT molecular complexity index is 411. The maximum atomic E-state index is 5.69. The molecule has 0 spiro atoms. The van der Waals surface area contributed by atoms with Gasteiger partial charge in [0, 0.05) is 6.20 Å². The van der Waals surface area contributed by atoms with Crippen molar-refractivity contribution in [3.8, 4) is 5.82 Å². The molecular weight excluding hydrogens is 190 g/mol. The molecule has 0 amide bonds. The van der Waals surface area contributed by atoms with Gasteiger partial charge in [0.15, 0.2) is 5.82 Å². The molecule has 2 N–H and O–H groups in total. The molecule has 0 unspecified atom stereocenters. The molecule has 0 aliphatic heterocycles. The highest BCUT2D eigenvalue weighted by molar-refractivity contribution is 6.30. The lowest BCUT2D eigenvalue weighted by Gasteiger charge is -2.02. The summed E-state index contributed by atoms with van der Waals surface area (Å²) < 4.78 is 1.48. The summed E-state index contributed by atoms with van der Waals surface area (Å²) in [6.07, 6.45) is 4.44. The molecule has 0 bridgehead atoms. The van der Waals surface area contributed by atoms with E-state index in [1.54, 1.807) is 6.07 Å². The summed E-state index contributed by atoms with van der Waals surface area (Å²) in [6.45, 7) is 0. The first kappa shape index (κ1) is 8.00. The van der Waals surface area contributed by atoms with Crippen molar-refractivity contribution in [3.05, 3.63) is 29.9 Å². The largest absolute Gasteiger partial charge is 0.396 e. The Kier molecular flexibility index (Phi) is 1.86. The van der Waals surface area contributed by atoms with Crippen molar-refractivity contribution < 1.29 is 0 Å². The molecule has 13 heavy (non-hydrogen) atoms. The zero-order valence-corrected chi connectivity index (χ0v) is 7.31. The number of rotatable bonds is 1. The maximum Gasteiger partial charge on any atom is 0.178 e. The quantitative estimate of drug-likeness (QED) is 0.734. The van der Waals surface area contributed by atoms with Crippen LogP contribution in [0.2, 0.25) is 5.02 Å². The molecule has 0 aliphatic rings. The second kappa shape index (κ2) is 3.02. The number of nitrogens with zero attached hydrogens (tertiary/aromatic N) is 4. The zero-order chi connectivity index (χ0) is 9.26. The van der Waals surface area contributed by atoms with Crippen LogP contribution in [0.15, 0.2) is 24.9 Å². The maximum absolute atomic E-state index is 5.69. The van der Waals surface area contributed by atoms with Crippen molar-refractivity contribution in [1.82, 2.24) is 19.7 Å². The van der Waals surface area contributed by atoms with Gasteiger partial charge in [0.1, 0.15) is 12.7 Å². The van der Waals surface area contributed by atoms with Gasteiger partial charge in [0.05, 0.1) is 10.7 Å². The van der Waals surface area contributed by atoms with Crippen LogP contribution in [-0.2, 0) is 0 Å². The molecule has 0 aromatic carbocycles. The fraction of sp³-hybridized carbons (Fsp3) is 0. The van der Waals surface area contributed by atoms with E-state index < -0.39 is 0 Å². The Morgan fingerprint density at radius 2 is 2.31 bits per heavy atom. The smallest absolute Gasteiger partial charge is 0.178 e. The molecule has 5 nitrogen and oxygen atoms in total. The molecule has 0 aliphatic carbocycles. The van der Waals surface area contributed by atoms with E-state index in [2.05, 4.69) is 15.1 Å². The second-order valence-electron chi connectivity index (χ2n) is 2.41. The first-order valence-corrected chi connectivity index (χ1v) is 3.91. The number of nitrogens with two attached hydrogens (primary N) is 1. The molecule has 0 fully saturated rings. The van der Waals surface area contributed by atoms with Crippen molar-refractivity contribution in [2.75, 3.05) is 5.73 Å². The Morgan fingerprint density at radius 3 is 2.92 bits per heavy atom. The van der Waals surface area contributed by atoms with Gasteiger partial charge in [0.2, 0.25) is 0 Å². The van der Waals surface area contributed by atoms with Crippen LogP contribution < -0.4 is 5.73 Å². The molecule has 2 heterocycles. The lowest BCUT2D eigenvalue weighted by Crippen LogP contribution is -2.02. The third-order valence-electron chi connectivity index (χ3n) is 1.50. The molecule has 2 aromatic rings. The van der Waals surface area contributed by atoms with E-state index >= 15 is 0 Å². The van der Waals surface area contributed by atoms with Gasteiger partial charge < -0.3 is 5.73 Å². The molecule has 0 saturated heterocycles. The van der Waals surface area contributed by atoms with Crippen molar-refractivity contribution in [2.24, 2.45) is 0 Å². The molecule has 0 radical (unpaired) electrons. The third-order valence-corrected chi connectivity index (χ3v) is 1.70. The highest BCUT2D eigenvalue weighted by atomic mass is 35.5. The fourth-order valence-electron chi connectivity index (χ4n) is 0.957. The topological polar surface area (TPSA) is 69.6 Å². The van der Waals surface area contributed by atoms with Crippen LogP contribution in [0.25, 0.3) is 5.82 Å². The third kappa shape index (κ3) is 1.46. The van der Waals surface area contributed by atoms with Crippen LogP contribution in [0.4, 0.5) is 5.69 Å². The average Bonchev–Trinajstić information content (AvgIpc) is 2.56. The van der Waals surface area contributed by atoms with E-state index in [9.17, 15) is 0 Å². The highest BCUT2D eigenvalue weighted by Gasteiger charge is 2.03. The van der Waals surface area contributed by atoms with Crippen LogP contribution >= 0.6 is 11.6 Å². The van der Waals surface area contributed by atoms with Crippen LogP contribution in [0.5, 0.6) is 0 Å². The van der Waals surface area contributed by atoms with Gasteiger partial charge >= 0.3 is 0 Å². The van der Waals surface area contributed by atoms with Gasteiger partial charge in [-0.3, -0.25) is 0 Å². The van der Waals surface area contributed by atoms with Crippen LogP contribution in [0.3, 0.4) is 0 Å². The molecule has 6 heteroatoms. The molecule has 0 atom stereocenters. The van der Waals surface area contributed by atoms with E-state index in [1.807, 2.05) is 0 Å². The number of nitrogen functional groups attached to an aromatic ring is 1. The SMILES string of the molecule is Nc1cc(Cl)cnc1-n1cncn1. The number of hydrogen-bond donors (Lipinski definition) is 1. The van der Waals surface area contributed by atoms with Gasteiger partial charge in [0.25, 0.3) is 0 Å². The van der Waals surface area contributed by atoms with Gasteiger partial charge in [-0.2, -0.15) is 5.10 Å². The van der Waals surface area contributed by atoms with Crippen LogP contribution in [0, 0.1) is 0 Å². The van der Waals surface area contributed by atoms with E-state index in [0.29, 0.717) is 16.5 Å². The predicted molar refractivity (Wildman–Crippen MR) is 48.6 cm³/mol. The van der Waals surface area contributed by atoms with Crippen LogP contribution in [-0.4, -0.2) is 19.7 Å². The summed E-state index contributed by atoms with van der Waals surface area (Å²) in [5.41, 5.74) is 6.15. The minimum absolute atomic E-state index is 0.470. The Hall–Kier alpha value is -1.62. The molecule has 2 aromatic heterocycles. The molecular formula is C7H6ClN5. The summed E-state index contributed by atoms with van der Waals surface area (Å²) in [5, 5.41) is 4.40. The Morgan fingerprint density at radius 1 is 1.46 bits per heavy atom. The summed E-state index contributed by atoms with van der Waals surface area (Å²) in [6, 6.07) is 1.62. The standard InChI is InChI=1S/C7H6ClN5/c8-5-1-6(9)7(11-2-5)13-4-10-3-12-13/h1-4H,9H2. The van der Waals surface area contributed by atoms with Crippen LogP contribution in [0.1, 0.15) is 0 Å². The van der Waals surface area contributed by atoms with Crippen molar-refractivity contribution >= 4 is 17.3 Å². The minimum atomic E-state index is 0.470. The predicted octanol–water partition coefficient (Wildman–Crippen LogP) is 0.898. The monoisotopic (exact) mass is 195 g/mol. The van der Waals surface area contributed by atoms with Crippen molar-refractivity contribution in [1.29, 1.82) is 0 Å². The van der Waals surface area contributed by atoms with E-state index in [0.717, 1.165) is 0 Å². The average molecular weight is 196 g/mol. The van der Waals surface area contributed by atoms with Gasteiger partial charge in [-0.1, -0.05) is 11.6 Å². The number of anilines is 1. The Labute approximate surface area is 79.2 Å². The van der Waals surface area contributed by atoms with E-state index in [-0.39, 0.29) is 0 Å². The van der Waals surface area contributed by atoms with Gasteiger partial charge in [-0.05, 0) is 6.07 Å². The second-order valence-corrected chi connectivity index (χ2v) is 2.84. The first-order valence-electron chi connectivity index (χ1n) is 3.53. The zero-order valence-electron chi connectivity index (χ0n) is 6.55. The highest BCUT2D eigenvalue weighted by Crippen LogP contribution is 2.17. The summed E-state index contributed by atoms with van der Waals surface area (Å²) in [5.74, 6) is 0.530. The number of pyridine rings is 1. The lowest BCUT2D eigenvalue weighted by molar-refractivity contribution is 0.848. The normalized spacial score (nSPS) is 10.2. The molecule has 0 saturated carbocycles. The summed E-state index contributed by atoms with van der Waals surface area (Å²) >= 11 is 5.69. The van der Waals surface area contributed by atoms with Gasteiger partial charge in [-0.15, -0.1) is 0 Å². The van der Waals surface area contributed by atoms with E-state index in [4.69, 9.17) is 17.3 Å². The number of hydrogen-bond acceptors (Lipinski definition) is 4. The minimum Gasteiger partial charge on any atom is -0.396 e. The summed E-state index contributed by atoms with van der Waals surface area (Å²) in [7, 11) is 0. The Balaban J connectivity index is 2.53. The summed E-state index contributed by atoms with van der Waals surface area (Å²) in [4.78, 5) is 7.81. The van der Waals surface area contributed by atoms with E-state index in [1.165, 1.54) is 23.5 Å². The number of aromatic nitrogens is 4. The number of halogens is 1. The molecule has 66 valence electrons. The van der Waals surface area contributed by atoms with Gasteiger partial charge in [-0.25, -0.2) is 14.6 Å². The van der Waals surface area contributed by atoms with Crippen molar-refractivity contribution in [2.45, 2.75) is 0 Å². The lowest BCUT2D eigenvalue weighted by atomic mass is 10.4. The van der Waals surface area contributed by atoms with Crippen molar-refractivity contribution in [3.63, 3.8) is 0 Å². The molecule has 2 rings (SSSR count).